The Balaban J connectivity index is 1.30. The third-order valence-electron chi connectivity index (χ3n) is 6.66. The highest BCUT2D eigenvalue weighted by molar-refractivity contribution is 5.91. The molecule has 7 nitrogen and oxygen atoms in total. The molecule has 0 aliphatic carbocycles. The van der Waals surface area contributed by atoms with Crippen LogP contribution in [0.1, 0.15) is 29.5 Å². The van der Waals surface area contributed by atoms with Crippen molar-refractivity contribution in [2.45, 2.75) is 50.4 Å². The van der Waals surface area contributed by atoms with Crippen molar-refractivity contribution in [3.05, 3.63) is 71.4 Å². The van der Waals surface area contributed by atoms with Crippen molar-refractivity contribution in [2.75, 3.05) is 13.2 Å². The third kappa shape index (κ3) is 4.94. The standard InChI is InChI=1S/C26H30N4O3/c31-25(29-16-20-8-5-11-33-20)24(13-19-15-27-22-10-4-3-9-21(19)22)30-26(32)23-12-17-6-1-2-7-18(17)14-28-23/h1-4,6-7,9-10,15,20,23-24,27-28H,5,8,11-14,16H2,(H,29,31)(H,30,32)/t20-,23-,24-/m1/s1. The van der Waals surface area contributed by atoms with Crippen molar-refractivity contribution in [3.63, 3.8) is 0 Å². The Labute approximate surface area is 193 Å². The number of hydrogen-bond acceptors (Lipinski definition) is 4. The predicted octanol–water partition coefficient (Wildman–Crippen LogP) is 2.20. The number of nitrogens with one attached hydrogen (secondary N) is 4. The SMILES string of the molecule is O=C(N[C@H](Cc1c[nH]c2ccccc12)C(=O)NC[C@H]1CCCO1)[C@H]1Cc2ccccc2CN1. The van der Waals surface area contributed by atoms with Gasteiger partial charge in [0.25, 0.3) is 0 Å². The molecule has 2 amide bonds. The van der Waals surface area contributed by atoms with Gasteiger partial charge in [-0.25, -0.2) is 0 Å². The molecule has 5 rings (SSSR count). The fraction of sp³-hybridized carbons (Fsp3) is 0.385. The molecule has 1 fully saturated rings. The van der Waals surface area contributed by atoms with Crippen molar-refractivity contribution in [2.24, 2.45) is 0 Å². The van der Waals surface area contributed by atoms with Crippen LogP contribution in [-0.2, 0) is 33.7 Å². The summed E-state index contributed by atoms with van der Waals surface area (Å²) in [6, 6.07) is 15.1. The molecule has 0 spiro atoms. The van der Waals surface area contributed by atoms with Crippen LogP contribution in [0.2, 0.25) is 0 Å². The highest BCUT2D eigenvalue weighted by atomic mass is 16.5. The van der Waals surface area contributed by atoms with Crippen LogP contribution in [0.4, 0.5) is 0 Å². The summed E-state index contributed by atoms with van der Waals surface area (Å²) >= 11 is 0. The Kier molecular flexibility index (Phi) is 6.41. The van der Waals surface area contributed by atoms with E-state index in [1.165, 1.54) is 11.1 Å². The van der Waals surface area contributed by atoms with E-state index in [2.05, 4.69) is 33.1 Å². The van der Waals surface area contributed by atoms with E-state index in [4.69, 9.17) is 4.74 Å². The fourth-order valence-electron chi connectivity index (χ4n) is 4.78. The molecule has 7 heteroatoms. The summed E-state index contributed by atoms with van der Waals surface area (Å²) in [5.41, 5.74) is 4.41. The average molecular weight is 447 g/mol. The second-order valence-electron chi connectivity index (χ2n) is 8.91. The number of ether oxygens (including phenoxy) is 1. The lowest BCUT2D eigenvalue weighted by Crippen LogP contribution is -2.55. The Hall–Kier alpha value is -3.16. The van der Waals surface area contributed by atoms with Gasteiger partial charge in [0.05, 0.1) is 12.1 Å². The van der Waals surface area contributed by atoms with Gasteiger partial charge in [-0.3, -0.25) is 9.59 Å². The first kappa shape index (κ1) is 21.7. The normalized spacial score (nSPS) is 20.8. The predicted molar refractivity (Wildman–Crippen MR) is 127 cm³/mol. The lowest BCUT2D eigenvalue weighted by molar-refractivity contribution is -0.130. The van der Waals surface area contributed by atoms with Crippen LogP contribution >= 0.6 is 0 Å². The summed E-state index contributed by atoms with van der Waals surface area (Å²) < 4.78 is 5.64. The van der Waals surface area contributed by atoms with Crippen molar-refractivity contribution in [3.8, 4) is 0 Å². The maximum Gasteiger partial charge on any atom is 0.243 e. The van der Waals surface area contributed by atoms with Gasteiger partial charge in [0.1, 0.15) is 6.04 Å². The van der Waals surface area contributed by atoms with Gasteiger partial charge < -0.3 is 25.7 Å². The van der Waals surface area contributed by atoms with Crippen LogP contribution in [0, 0.1) is 0 Å². The molecule has 2 aliphatic rings. The monoisotopic (exact) mass is 446 g/mol. The number of benzene rings is 2. The Morgan fingerprint density at radius 2 is 1.91 bits per heavy atom. The summed E-state index contributed by atoms with van der Waals surface area (Å²) in [6.07, 6.45) is 4.97. The van der Waals surface area contributed by atoms with E-state index in [1.807, 2.05) is 42.6 Å². The molecular formula is C26H30N4O3. The number of aromatic amines is 1. The zero-order valence-corrected chi connectivity index (χ0v) is 18.6. The third-order valence-corrected chi connectivity index (χ3v) is 6.66. The number of carbonyl (C=O) groups excluding carboxylic acids is 2. The molecule has 2 aliphatic heterocycles. The fourth-order valence-corrected chi connectivity index (χ4v) is 4.78. The van der Waals surface area contributed by atoms with E-state index < -0.39 is 6.04 Å². The minimum atomic E-state index is -0.669. The first-order valence-corrected chi connectivity index (χ1v) is 11.7. The largest absolute Gasteiger partial charge is 0.376 e. The highest BCUT2D eigenvalue weighted by Gasteiger charge is 2.29. The van der Waals surface area contributed by atoms with Crippen molar-refractivity contribution >= 4 is 22.7 Å². The topological polar surface area (TPSA) is 95.2 Å². The zero-order chi connectivity index (χ0) is 22.6. The molecule has 1 aromatic heterocycles. The number of amides is 2. The molecule has 4 N–H and O–H groups in total. The van der Waals surface area contributed by atoms with E-state index in [9.17, 15) is 9.59 Å². The summed E-state index contributed by atoms with van der Waals surface area (Å²) in [6.45, 7) is 1.85. The van der Waals surface area contributed by atoms with Crippen LogP contribution in [0.25, 0.3) is 10.9 Å². The van der Waals surface area contributed by atoms with Crippen LogP contribution in [0.5, 0.6) is 0 Å². The maximum atomic E-state index is 13.2. The minimum absolute atomic E-state index is 0.0508. The van der Waals surface area contributed by atoms with Crippen LogP contribution in [0.3, 0.4) is 0 Å². The van der Waals surface area contributed by atoms with Gasteiger partial charge in [0, 0.05) is 43.2 Å². The molecular weight excluding hydrogens is 416 g/mol. The van der Waals surface area contributed by atoms with Gasteiger partial charge in [-0.05, 0) is 42.0 Å². The van der Waals surface area contributed by atoms with Crippen molar-refractivity contribution in [1.29, 1.82) is 0 Å². The summed E-state index contributed by atoms with van der Waals surface area (Å²) in [5, 5.41) is 10.4. The second-order valence-corrected chi connectivity index (χ2v) is 8.91. The van der Waals surface area contributed by atoms with Gasteiger partial charge in [0.2, 0.25) is 11.8 Å². The number of H-pyrrole nitrogens is 1. The molecule has 0 radical (unpaired) electrons. The molecule has 3 aromatic rings. The number of para-hydroxylation sites is 1. The van der Waals surface area contributed by atoms with E-state index in [-0.39, 0.29) is 24.0 Å². The highest BCUT2D eigenvalue weighted by Crippen LogP contribution is 2.20. The Bertz CT molecular complexity index is 1140. The van der Waals surface area contributed by atoms with Crippen molar-refractivity contribution in [1.82, 2.24) is 20.9 Å². The molecule has 3 heterocycles. The minimum Gasteiger partial charge on any atom is -0.376 e. The van der Waals surface area contributed by atoms with Gasteiger partial charge in [-0.1, -0.05) is 42.5 Å². The second kappa shape index (κ2) is 9.77. The summed E-state index contributed by atoms with van der Waals surface area (Å²) in [4.78, 5) is 29.6. The first-order chi connectivity index (χ1) is 16.2. The van der Waals surface area contributed by atoms with Crippen LogP contribution < -0.4 is 16.0 Å². The van der Waals surface area contributed by atoms with E-state index >= 15 is 0 Å². The molecule has 0 unspecified atom stereocenters. The number of carbonyl (C=O) groups is 2. The first-order valence-electron chi connectivity index (χ1n) is 11.7. The van der Waals surface area contributed by atoms with Gasteiger partial charge >= 0.3 is 0 Å². The Morgan fingerprint density at radius 3 is 2.76 bits per heavy atom. The molecule has 33 heavy (non-hydrogen) atoms. The molecule has 2 aromatic carbocycles. The van der Waals surface area contributed by atoms with Gasteiger partial charge in [-0.15, -0.1) is 0 Å². The van der Waals surface area contributed by atoms with E-state index in [0.29, 0.717) is 25.9 Å². The van der Waals surface area contributed by atoms with E-state index in [0.717, 1.165) is 35.9 Å². The Morgan fingerprint density at radius 1 is 1.09 bits per heavy atom. The molecule has 172 valence electrons. The van der Waals surface area contributed by atoms with Gasteiger partial charge in [0.15, 0.2) is 0 Å². The van der Waals surface area contributed by atoms with Crippen LogP contribution in [0.15, 0.2) is 54.7 Å². The van der Waals surface area contributed by atoms with Gasteiger partial charge in [-0.2, -0.15) is 0 Å². The average Bonchev–Trinajstić information content (AvgIpc) is 3.52. The van der Waals surface area contributed by atoms with E-state index in [1.54, 1.807) is 0 Å². The molecule has 0 bridgehead atoms. The number of hydrogen-bond donors (Lipinski definition) is 4. The zero-order valence-electron chi connectivity index (χ0n) is 18.6. The lowest BCUT2D eigenvalue weighted by Gasteiger charge is -2.27. The number of aromatic nitrogens is 1. The smallest absolute Gasteiger partial charge is 0.243 e. The summed E-state index contributed by atoms with van der Waals surface area (Å²) in [7, 11) is 0. The number of fused-ring (bicyclic) bond motifs is 2. The summed E-state index contributed by atoms with van der Waals surface area (Å²) in [5.74, 6) is -0.332. The molecule has 1 saturated heterocycles. The van der Waals surface area contributed by atoms with Crippen molar-refractivity contribution < 1.29 is 14.3 Å². The lowest BCUT2D eigenvalue weighted by atomic mass is 9.95. The maximum absolute atomic E-state index is 13.2. The molecule has 3 atom stereocenters. The molecule has 0 saturated carbocycles. The van der Waals surface area contributed by atoms with Crippen LogP contribution in [-0.4, -0.2) is 48.1 Å². The number of rotatable bonds is 7. The quantitative estimate of drug-likeness (QED) is 0.448.